The minimum absolute atomic E-state index is 0.297. The van der Waals surface area contributed by atoms with E-state index in [0.29, 0.717) is 22.8 Å². The summed E-state index contributed by atoms with van der Waals surface area (Å²) < 4.78 is 26.9. The minimum atomic E-state index is -3.47. The van der Waals surface area contributed by atoms with Crippen molar-refractivity contribution in [3.8, 4) is 0 Å². The van der Waals surface area contributed by atoms with Crippen LogP contribution in [0.25, 0.3) is 10.2 Å². The molecule has 1 heterocycles. The molecular weight excluding hydrogens is 417 g/mol. The van der Waals surface area contributed by atoms with E-state index in [0.717, 1.165) is 21.5 Å². The second-order valence-corrected chi connectivity index (χ2v) is 11.2. The van der Waals surface area contributed by atoms with Crippen molar-refractivity contribution in [2.75, 3.05) is 39.7 Å². The Balaban J connectivity index is 2.02. The van der Waals surface area contributed by atoms with Crippen molar-refractivity contribution in [3.05, 3.63) is 53.6 Å². The Kier molecular flexibility index (Phi) is 7.00. The molecule has 0 spiro atoms. The van der Waals surface area contributed by atoms with Crippen molar-refractivity contribution in [3.63, 3.8) is 0 Å². The topological polar surface area (TPSA) is 60.5 Å². The molecule has 0 aliphatic carbocycles. The number of nitrogens with one attached hydrogen (secondary N) is 1. The first kappa shape index (κ1) is 22.9. The summed E-state index contributed by atoms with van der Waals surface area (Å²) in [4.78, 5) is 4.68. The molecule has 0 radical (unpaired) electrons. The largest absolute Gasteiger partial charge is 0.357 e. The van der Waals surface area contributed by atoms with Crippen LogP contribution in [-0.4, -0.2) is 39.3 Å². The van der Waals surface area contributed by atoms with Crippen molar-refractivity contribution in [2.45, 2.75) is 26.6 Å². The molecule has 3 aromatic rings. The summed E-state index contributed by atoms with van der Waals surface area (Å²) in [6, 6.07) is 14.2. The number of benzene rings is 2. The second kappa shape index (κ2) is 9.16. The van der Waals surface area contributed by atoms with E-state index in [2.05, 4.69) is 44.4 Å². The highest BCUT2D eigenvalue weighted by Crippen LogP contribution is 2.61. The fourth-order valence-corrected chi connectivity index (χ4v) is 6.20. The van der Waals surface area contributed by atoms with Crippen molar-refractivity contribution in [1.82, 2.24) is 9.47 Å². The maximum Gasteiger partial charge on any atom is 0.357 e. The van der Waals surface area contributed by atoms with E-state index in [-0.39, 0.29) is 0 Å². The number of fused-ring (bicyclic) bond motifs is 1. The number of nitrogens with zero attached hydrogens (tertiary/aromatic N) is 2. The van der Waals surface area contributed by atoms with Crippen LogP contribution in [0.5, 0.6) is 0 Å². The van der Waals surface area contributed by atoms with E-state index in [1.165, 1.54) is 16.9 Å². The Hall–Kier alpha value is -1.76. The molecule has 0 amide bonds. The summed E-state index contributed by atoms with van der Waals surface area (Å²) in [6.45, 7) is 6.30. The maximum absolute atomic E-state index is 13.7. The Morgan fingerprint density at radius 3 is 2.27 bits per heavy atom. The Morgan fingerprint density at radius 2 is 1.70 bits per heavy atom. The van der Waals surface area contributed by atoms with Crippen LogP contribution in [0.15, 0.2) is 42.5 Å². The van der Waals surface area contributed by atoms with Crippen LogP contribution in [-0.2, 0) is 13.6 Å². The summed E-state index contributed by atoms with van der Waals surface area (Å²) in [5, 5.41) is 4.05. The number of hydrogen-bond acceptors (Lipinski definition) is 6. The van der Waals surface area contributed by atoms with Gasteiger partial charge in [0, 0.05) is 0 Å². The lowest BCUT2D eigenvalue weighted by atomic mass is 10.2. The summed E-state index contributed by atoms with van der Waals surface area (Å²) in [5.74, 6) is -0.652. The normalized spacial score (nSPS) is 13.5. The first-order valence-electron chi connectivity index (χ1n) is 10.1. The molecule has 8 heteroatoms. The van der Waals surface area contributed by atoms with E-state index in [4.69, 9.17) is 9.05 Å². The zero-order chi connectivity index (χ0) is 21.9. The predicted molar refractivity (Wildman–Crippen MR) is 128 cm³/mol. The van der Waals surface area contributed by atoms with Gasteiger partial charge >= 0.3 is 7.60 Å². The summed E-state index contributed by atoms with van der Waals surface area (Å²) in [7, 11) is 2.86. The molecule has 6 nitrogen and oxygen atoms in total. The molecule has 1 N–H and O–H groups in total. The summed E-state index contributed by atoms with van der Waals surface area (Å²) >= 11 is 1.54. The third kappa shape index (κ3) is 5.10. The van der Waals surface area contributed by atoms with Gasteiger partial charge in [0.2, 0.25) is 0 Å². The highest BCUT2D eigenvalue weighted by atomic mass is 32.1. The first-order chi connectivity index (χ1) is 14.2. The average molecular weight is 449 g/mol. The third-order valence-corrected chi connectivity index (χ3v) is 7.97. The standard InChI is InChI=1S/C22H31N3O3PS/c1-7-27-29(26,28-8-2)21(17-10-12-18(13-11-17)25(4,5)6)24-22-23-19-14-9-16(3)15-20(19)30-22/h9-15,21H,7-8H2,1-6H3,(H,23,24)/q+1. The van der Waals surface area contributed by atoms with Gasteiger partial charge in [-0.05, 0) is 56.2 Å². The summed E-state index contributed by atoms with van der Waals surface area (Å²) in [5.41, 5.74) is 4.08. The smallest absolute Gasteiger partial charge is 0.344 e. The number of aryl methyl sites for hydroxylation is 1. The fraction of sp³-hybridized carbons (Fsp3) is 0.409. The SMILES string of the molecule is CCOP(=O)(OCC)C(Nc1nc2ccc(C)cc2s1)c1ccc([N+](C)(C)C)cc1. The molecule has 3 rings (SSSR count). The van der Waals surface area contributed by atoms with Gasteiger partial charge in [-0.3, -0.25) is 9.05 Å². The molecule has 1 aromatic heterocycles. The van der Waals surface area contributed by atoms with Gasteiger partial charge in [-0.2, -0.15) is 0 Å². The Labute approximate surface area is 183 Å². The van der Waals surface area contributed by atoms with Gasteiger partial charge in [-0.15, -0.1) is 0 Å². The van der Waals surface area contributed by atoms with Crippen LogP contribution in [0, 0.1) is 6.92 Å². The highest BCUT2D eigenvalue weighted by Gasteiger charge is 2.38. The second-order valence-electron chi connectivity index (χ2n) is 8.02. The van der Waals surface area contributed by atoms with Crippen molar-refractivity contribution in [1.29, 1.82) is 0 Å². The molecule has 0 aliphatic heterocycles. The predicted octanol–water partition coefficient (Wildman–Crippen LogP) is 6.18. The number of aromatic nitrogens is 1. The van der Waals surface area contributed by atoms with Gasteiger partial charge in [0.25, 0.3) is 0 Å². The van der Waals surface area contributed by atoms with E-state index >= 15 is 0 Å². The van der Waals surface area contributed by atoms with Gasteiger partial charge < -0.3 is 14.4 Å². The van der Waals surface area contributed by atoms with Gasteiger partial charge in [-0.1, -0.05) is 29.5 Å². The van der Waals surface area contributed by atoms with E-state index in [1.54, 1.807) is 0 Å². The quantitative estimate of drug-likeness (QED) is 0.313. The molecule has 0 bridgehead atoms. The van der Waals surface area contributed by atoms with E-state index < -0.39 is 13.4 Å². The molecule has 162 valence electrons. The van der Waals surface area contributed by atoms with E-state index in [1.807, 2.05) is 50.2 Å². The fourth-order valence-electron chi connectivity index (χ4n) is 3.21. The van der Waals surface area contributed by atoms with Crippen molar-refractivity contribution in [2.24, 2.45) is 0 Å². The molecule has 1 atom stereocenters. The zero-order valence-corrected chi connectivity index (χ0v) is 20.2. The van der Waals surface area contributed by atoms with Gasteiger partial charge in [0.05, 0.1) is 44.6 Å². The molecule has 0 saturated heterocycles. The Bertz CT molecular complexity index is 1030. The van der Waals surface area contributed by atoms with Crippen LogP contribution in [0.2, 0.25) is 0 Å². The van der Waals surface area contributed by atoms with E-state index in [9.17, 15) is 4.57 Å². The average Bonchev–Trinajstić information content (AvgIpc) is 3.07. The first-order valence-corrected chi connectivity index (χ1v) is 12.5. The molecule has 0 aliphatic rings. The number of thiazole rings is 1. The van der Waals surface area contributed by atoms with Crippen molar-refractivity contribution >= 4 is 40.0 Å². The minimum Gasteiger partial charge on any atom is -0.344 e. The third-order valence-electron chi connectivity index (χ3n) is 4.72. The van der Waals surface area contributed by atoms with Gasteiger partial charge in [0.15, 0.2) is 10.9 Å². The molecular formula is C22H31N3O3PS+. The van der Waals surface area contributed by atoms with Crippen LogP contribution in [0.1, 0.15) is 30.8 Å². The number of rotatable bonds is 9. The highest BCUT2D eigenvalue weighted by molar-refractivity contribution is 7.54. The van der Waals surface area contributed by atoms with Crippen LogP contribution in [0.3, 0.4) is 0 Å². The Morgan fingerprint density at radius 1 is 1.07 bits per heavy atom. The number of hydrogen-bond donors (Lipinski definition) is 1. The van der Waals surface area contributed by atoms with Crippen molar-refractivity contribution < 1.29 is 13.6 Å². The zero-order valence-electron chi connectivity index (χ0n) is 18.5. The van der Waals surface area contributed by atoms with Crippen LogP contribution < -0.4 is 9.80 Å². The monoisotopic (exact) mass is 448 g/mol. The summed E-state index contributed by atoms with van der Waals surface area (Å²) in [6.07, 6.45) is 0. The lowest BCUT2D eigenvalue weighted by molar-refractivity contribution is 0.214. The van der Waals surface area contributed by atoms with Gasteiger partial charge in [-0.25, -0.2) is 4.98 Å². The molecule has 30 heavy (non-hydrogen) atoms. The molecule has 2 aromatic carbocycles. The molecule has 1 unspecified atom stereocenters. The lowest BCUT2D eigenvalue weighted by Crippen LogP contribution is -2.34. The number of quaternary nitrogens is 1. The van der Waals surface area contributed by atoms with Gasteiger partial charge in [0.1, 0.15) is 5.69 Å². The number of anilines is 1. The molecule has 0 saturated carbocycles. The van der Waals surface area contributed by atoms with Crippen LogP contribution >= 0.6 is 18.9 Å². The maximum atomic E-state index is 13.7. The molecule has 0 fully saturated rings. The lowest BCUT2D eigenvalue weighted by Gasteiger charge is -2.28. The van der Waals surface area contributed by atoms with Crippen LogP contribution in [0.4, 0.5) is 10.8 Å².